The molecule has 0 radical (unpaired) electrons. The lowest BCUT2D eigenvalue weighted by Crippen LogP contribution is -2.32. The largest absolute Gasteiger partial charge is 0.373 e. The van der Waals surface area contributed by atoms with Gasteiger partial charge in [-0.05, 0) is 55.6 Å². The Kier molecular flexibility index (Phi) is 3.53. The summed E-state index contributed by atoms with van der Waals surface area (Å²) in [6, 6.07) is 10.1. The average Bonchev–Trinajstić information content (AvgIpc) is 3.40. The van der Waals surface area contributed by atoms with Crippen molar-refractivity contribution in [2.45, 2.75) is 56.6 Å². The molecule has 0 spiro atoms. The average molecular weight is 271 g/mol. The molecule has 1 heterocycles. The summed E-state index contributed by atoms with van der Waals surface area (Å²) in [6.07, 6.45) is 8.33. The van der Waals surface area contributed by atoms with Crippen molar-refractivity contribution >= 4 is 0 Å². The highest BCUT2D eigenvalue weighted by Gasteiger charge is 2.30. The molecule has 4 rings (SSSR count). The summed E-state index contributed by atoms with van der Waals surface area (Å²) in [5, 5.41) is 3.69. The molecule has 1 aromatic carbocycles. The third-order valence-electron chi connectivity index (χ3n) is 5.00. The van der Waals surface area contributed by atoms with Gasteiger partial charge in [0, 0.05) is 25.1 Å². The molecular formula is C18H25NO. The van der Waals surface area contributed by atoms with Crippen molar-refractivity contribution in [3.8, 4) is 0 Å². The molecule has 2 atom stereocenters. The molecule has 20 heavy (non-hydrogen) atoms. The summed E-state index contributed by atoms with van der Waals surface area (Å²) < 4.78 is 6.11. The summed E-state index contributed by atoms with van der Waals surface area (Å²) in [5.41, 5.74) is 2.91. The minimum Gasteiger partial charge on any atom is -0.373 e. The van der Waals surface area contributed by atoms with Crippen LogP contribution in [0.25, 0.3) is 0 Å². The van der Waals surface area contributed by atoms with E-state index in [0.29, 0.717) is 12.0 Å². The Labute approximate surface area is 121 Å². The molecule has 108 valence electrons. The Morgan fingerprint density at radius 3 is 2.40 bits per heavy atom. The van der Waals surface area contributed by atoms with E-state index < -0.39 is 0 Å². The summed E-state index contributed by atoms with van der Waals surface area (Å²) >= 11 is 0. The zero-order valence-electron chi connectivity index (χ0n) is 12.2. The van der Waals surface area contributed by atoms with E-state index in [4.69, 9.17) is 4.74 Å². The van der Waals surface area contributed by atoms with Crippen molar-refractivity contribution < 1.29 is 4.74 Å². The molecule has 2 saturated carbocycles. The van der Waals surface area contributed by atoms with Crippen LogP contribution in [0.2, 0.25) is 0 Å². The first-order chi connectivity index (χ1) is 9.90. The maximum absolute atomic E-state index is 6.11. The van der Waals surface area contributed by atoms with E-state index in [9.17, 15) is 0 Å². The van der Waals surface area contributed by atoms with Crippen molar-refractivity contribution in [3.05, 3.63) is 35.4 Å². The van der Waals surface area contributed by atoms with Gasteiger partial charge >= 0.3 is 0 Å². The first-order valence-corrected chi connectivity index (χ1v) is 8.35. The van der Waals surface area contributed by atoms with E-state index in [1.165, 1.54) is 49.7 Å². The Morgan fingerprint density at radius 1 is 0.950 bits per heavy atom. The third-order valence-corrected chi connectivity index (χ3v) is 5.00. The molecule has 1 saturated heterocycles. The van der Waals surface area contributed by atoms with Crippen LogP contribution in [0.3, 0.4) is 0 Å². The summed E-state index contributed by atoms with van der Waals surface area (Å²) in [4.78, 5) is 0. The molecule has 0 aromatic heterocycles. The van der Waals surface area contributed by atoms with Crippen LogP contribution in [0, 0.1) is 5.92 Å². The van der Waals surface area contributed by atoms with Crippen molar-refractivity contribution in [2.24, 2.45) is 5.92 Å². The van der Waals surface area contributed by atoms with Gasteiger partial charge in [0.05, 0.1) is 6.10 Å². The van der Waals surface area contributed by atoms with Crippen LogP contribution in [0.5, 0.6) is 0 Å². The summed E-state index contributed by atoms with van der Waals surface area (Å²) in [5.74, 6) is 1.50. The van der Waals surface area contributed by atoms with Gasteiger partial charge in [-0.1, -0.05) is 24.3 Å². The molecule has 2 unspecified atom stereocenters. The number of ether oxygens (including phenoxy) is 1. The molecule has 1 aromatic rings. The van der Waals surface area contributed by atoms with Crippen molar-refractivity contribution in [3.63, 3.8) is 0 Å². The molecule has 3 aliphatic rings. The number of benzene rings is 1. The first-order valence-electron chi connectivity index (χ1n) is 8.35. The van der Waals surface area contributed by atoms with Crippen LogP contribution in [0.4, 0.5) is 0 Å². The van der Waals surface area contributed by atoms with Crippen LogP contribution in [0.15, 0.2) is 24.3 Å². The van der Waals surface area contributed by atoms with Gasteiger partial charge in [-0.2, -0.15) is 0 Å². The van der Waals surface area contributed by atoms with Gasteiger partial charge in [-0.15, -0.1) is 0 Å². The fraction of sp³-hybridized carbons (Fsp3) is 0.667. The lowest BCUT2D eigenvalue weighted by Gasteiger charge is -2.32. The lowest BCUT2D eigenvalue weighted by molar-refractivity contribution is -0.0278. The molecular weight excluding hydrogens is 246 g/mol. The van der Waals surface area contributed by atoms with Gasteiger partial charge in [-0.3, -0.25) is 0 Å². The Bertz CT molecular complexity index is 447. The molecule has 0 amide bonds. The number of hydrogen-bond acceptors (Lipinski definition) is 2. The number of hydrogen-bond donors (Lipinski definition) is 1. The molecule has 1 N–H and O–H groups in total. The second kappa shape index (κ2) is 5.50. The van der Waals surface area contributed by atoms with Crippen molar-refractivity contribution in [2.75, 3.05) is 13.2 Å². The second-order valence-electron chi connectivity index (χ2n) is 6.82. The molecule has 2 heteroatoms. The van der Waals surface area contributed by atoms with E-state index in [1.54, 1.807) is 0 Å². The van der Waals surface area contributed by atoms with Crippen molar-refractivity contribution in [1.29, 1.82) is 0 Å². The Hall–Kier alpha value is -0.860. The highest BCUT2D eigenvalue weighted by Crippen LogP contribution is 2.41. The second-order valence-corrected chi connectivity index (χ2v) is 6.82. The Morgan fingerprint density at radius 2 is 1.70 bits per heavy atom. The highest BCUT2D eigenvalue weighted by atomic mass is 16.5. The maximum Gasteiger partial charge on any atom is 0.0865 e. The first kappa shape index (κ1) is 12.8. The van der Waals surface area contributed by atoms with E-state index in [0.717, 1.165) is 25.1 Å². The minimum atomic E-state index is 0.309. The van der Waals surface area contributed by atoms with Gasteiger partial charge in [0.2, 0.25) is 0 Å². The zero-order chi connectivity index (χ0) is 13.4. The van der Waals surface area contributed by atoms with Gasteiger partial charge in [0.15, 0.2) is 0 Å². The number of nitrogens with one attached hydrogen (secondary N) is 1. The van der Waals surface area contributed by atoms with Crippen LogP contribution in [0.1, 0.15) is 61.7 Å². The monoisotopic (exact) mass is 271 g/mol. The zero-order valence-corrected chi connectivity index (χ0v) is 12.2. The topological polar surface area (TPSA) is 21.3 Å². The molecule has 1 aliphatic heterocycles. The highest BCUT2D eigenvalue weighted by molar-refractivity contribution is 5.29. The lowest BCUT2D eigenvalue weighted by atomic mass is 9.89. The molecule has 2 nitrogen and oxygen atoms in total. The third kappa shape index (κ3) is 2.91. The van der Waals surface area contributed by atoms with E-state index in [2.05, 4.69) is 29.6 Å². The van der Waals surface area contributed by atoms with Gasteiger partial charge in [-0.25, -0.2) is 0 Å². The van der Waals surface area contributed by atoms with Crippen LogP contribution < -0.4 is 5.32 Å². The van der Waals surface area contributed by atoms with Gasteiger partial charge < -0.3 is 10.1 Å². The molecule has 0 bridgehead atoms. The fourth-order valence-electron chi connectivity index (χ4n) is 3.40. The van der Waals surface area contributed by atoms with Gasteiger partial charge in [0.1, 0.15) is 0 Å². The molecule has 3 fully saturated rings. The maximum atomic E-state index is 6.11. The fourth-order valence-corrected chi connectivity index (χ4v) is 3.40. The smallest absolute Gasteiger partial charge is 0.0865 e. The number of rotatable bonds is 5. The predicted molar refractivity (Wildman–Crippen MR) is 80.9 cm³/mol. The Balaban J connectivity index is 1.44. The summed E-state index contributed by atoms with van der Waals surface area (Å²) in [6.45, 7) is 2.05. The normalized spacial score (nSPS) is 30.4. The predicted octanol–water partition coefficient (Wildman–Crippen LogP) is 3.78. The van der Waals surface area contributed by atoms with Crippen LogP contribution >= 0.6 is 0 Å². The standard InChI is InChI=1S/C18H25NO/c1-2-16(12-19-17-9-10-17)18(20-11-1)15-7-5-14(6-8-15)13-3-4-13/h5-8,13,16-19H,1-4,9-12H2. The van der Waals surface area contributed by atoms with Crippen molar-refractivity contribution in [1.82, 2.24) is 5.32 Å². The molecule has 2 aliphatic carbocycles. The van der Waals surface area contributed by atoms with Crippen LogP contribution in [-0.4, -0.2) is 19.2 Å². The SMILES string of the molecule is c1cc(C2OCCCC2CNC2CC2)ccc1C1CC1. The summed E-state index contributed by atoms with van der Waals surface area (Å²) in [7, 11) is 0. The minimum absolute atomic E-state index is 0.309. The van der Waals surface area contributed by atoms with E-state index in [-0.39, 0.29) is 0 Å². The van der Waals surface area contributed by atoms with E-state index >= 15 is 0 Å². The van der Waals surface area contributed by atoms with Crippen LogP contribution in [-0.2, 0) is 4.74 Å². The quantitative estimate of drug-likeness (QED) is 0.880. The van der Waals surface area contributed by atoms with E-state index in [1.807, 2.05) is 0 Å². The van der Waals surface area contributed by atoms with Gasteiger partial charge in [0.25, 0.3) is 0 Å².